The molecule has 0 heterocycles. The van der Waals surface area contributed by atoms with Crippen molar-refractivity contribution in [3.05, 3.63) is 13.0 Å². The zero-order chi connectivity index (χ0) is 6.99. The minimum Gasteiger partial charge on any atom is -0.359 e. The Morgan fingerprint density at radius 1 is 0.857 bits per heavy atom. The second kappa shape index (κ2) is 54.6. The van der Waals surface area contributed by atoms with Crippen LogP contribution in [0.25, 0.3) is 0 Å². The molecule has 0 radical (unpaired) electrons. The van der Waals surface area contributed by atoms with E-state index in [1.165, 1.54) is 5.92 Å². The minimum absolute atomic E-state index is 0. The van der Waals surface area contributed by atoms with E-state index in [-0.39, 0.29) is 126 Å². The average Bonchev–Trinajstić information content (AvgIpc) is 1.65. The predicted molar refractivity (Wildman–Crippen MR) is 36.4 cm³/mol. The SMILES string of the molecule is C[C-](C)C.[CH2-]N=NC.[W+2].[W].[W].[W].[W].[W]. The molecule has 8 heteroatoms. The maximum atomic E-state index is 3.25. The van der Waals surface area contributed by atoms with Crippen molar-refractivity contribution in [1.29, 1.82) is 0 Å². The molecule has 0 aliphatic rings. The molecule has 0 rings (SSSR count). The van der Waals surface area contributed by atoms with Gasteiger partial charge in [0.25, 0.3) is 0 Å². The molecule has 0 spiro atoms. The number of azo groups is 1. The first-order valence-corrected chi connectivity index (χ1v) is 2.46. The van der Waals surface area contributed by atoms with Gasteiger partial charge in [0, 0.05) is 112 Å². The first kappa shape index (κ1) is 52.6. The van der Waals surface area contributed by atoms with Crippen LogP contribution < -0.4 is 0 Å². The van der Waals surface area contributed by atoms with Gasteiger partial charge in [0.2, 0.25) is 0 Å². The van der Waals surface area contributed by atoms with Gasteiger partial charge in [0.1, 0.15) is 0 Å². The van der Waals surface area contributed by atoms with E-state index in [1.807, 2.05) is 0 Å². The maximum Gasteiger partial charge on any atom is 2.00 e. The molecule has 0 aromatic heterocycles. The van der Waals surface area contributed by atoms with E-state index in [4.69, 9.17) is 0 Å². The monoisotopic (exact) mass is 1220 g/mol. The van der Waals surface area contributed by atoms with E-state index in [0.29, 0.717) is 0 Å². The third-order valence-electron chi connectivity index (χ3n) is 0.141. The van der Waals surface area contributed by atoms with E-state index in [0.717, 1.165) is 0 Å². The molecule has 0 unspecified atom stereocenters. The number of nitrogens with zero attached hydrogens (tertiary/aromatic N) is 2. The molecule has 0 bridgehead atoms. The van der Waals surface area contributed by atoms with Crippen LogP contribution in [0.1, 0.15) is 20.8 Å². The normalized spacial score (nSPS) is 5.21. The molecular weight excluding hydrogens is 1200 g/mol. The number of rotatable bonds is 0. The van der Waals surface area contributed by atoms with Gasteiger partial charge < -0.3 is 11.0 Å². The van der Waals surface area contributed by atoms with Gasteiger partial charge in [0.15, 0.2) is 0 Å². The van der Waals surface area contributed by atoms with Crippen LogP contribution in [0.15, 0.2) is 10.2 Å². The smallest absolute Gasteiger partial charge is 0.359 e. The summed E-state index contributed by atoms with van der Waals surface area (Å²) in [6.45, 7) is 6.25. The van der Waals surface area contributed by atoms with Gasteiger partial charge in [-0.25, -0.2) is 5.11 Å². The fraction of sp³-hybridized carbons (Fsp3) is 0.667. The summed E-state index contributed by atoms with van der Waals surface area (Å²) in [4.78, 5) is 0. The summed E-state index contributed by atoms with van der Waals surface area (Å²) < 4.78 is 0. The molecule has 0 aliphatic carbocycles. The van der Waals surface area contributed by atoms with E-state index in [1.54, 1.807) is 7.05 Å². The van der Waals surface area contributed by atoms with Crippen molar-refractivity contribution in [2.75, 3.05) is 7.05 Å². The Morgan fingerprint density at radius 3 is 0.929 bits per heavy atom. The summed E-state index contributed by atoms with van der Waals surface area (Å²) in [6, 6.07) is 0. The summed E-state index contributed by atoms with van der Waals surface area (Å²) in [5.41, 5.74) is 0. The van der Waals surface area contributed by atoms with Crippen LogP contribution in [-0.2, 0) is 126 Å². The number of hydrogen-bond donors (Lipinski definition) is 0. The van der Waals surface area contributed by atoms with E-state index < -0.39 is 0 Å². The van der Waals surface area contributed by atoms with Crippen molar-refractivity contribution in [3.63, 3.8) is 0 Å². The zero-order valence-corrected chi connectivity index (χ0v) is 26.2. The van der Waals surface area contributed by atoms with Gasteiger partial charge in [-0.3, -0.25) is 7.05 Å². The molecule has 0 aliphatic heterocycles. The first-order chi connectivity index (χ1) is 3.65. The van der Waals surface area contributed by atoms with Crippen LogP contribution in [0.5, 0.6) is 0 Å². The van der Waals surface area contributed by atoms with Crippen molar-refractivity contribution >= 4 is 0 Å². The summed E-state index contributed by atoms with van der Waals surface area (Å²) in [5.74, 6) is 1.42. The average molecular weight is 1220 g/mol. The van der Waals surface area contributed by atoms with Crippen LogP contribution in [0.4, 0.5) is 0 Å². The largest absolute Gasteiger partial charge is 2.00 e. The van der Waals surface area contributed by atoms with Crippen molar-refractivity contribution in [2.24, 2.45) is 10.2 Å². The third kappa shape index (κ3) is 157. The Bertz CT molecular complexity index is 55.5. The molecule has 2 nitrogen and oxygen atoms in total. The summed E-state index contributed by atoms with van der Waals surface area (Å²) in [6.07, 6.45) is 0. The van der Waals surface area contributed by atoms with E-state index in [2.05, 4.69) is 38.0 Å². The van der Waals surface area contributed by atoms with Crippen LogP contribution in [-0.4, -0.2) is 7.05 Å². The molecule has 0 N–H and O–H groups in total. The predicted octanol–water partition coefficient (Wildman–Crippen LogP) is 2.47. The third-order valence-corrected chi connectivity index (χ3v) is 0.141. The maximum absolute atomic E-state index is 3.25. The van der Waals surface area contributed by atoms with Gasteiger partial charge in [-0.05, 0) is 0 Å². The fourth-order valence-corrected chi connectivity index (χ4v) is 0. The molecule has 0 saturated heterocycles. The molecule has 84 valence electrons. The van der Waals surface area contributed by atoms with Gasteiger partial charge >= 0.3 is 21.1 Å². The van der Waals surface area contributed by atoms with Crippen molar-refractivity contribution in [3.8, 4) is 0 Å². The van der Waals surface area contributed by atoms with Crippen molar-refractivity contribution in [1.82, 2.24) is 0 Å². The van der Waals surface area contributed by atoms with E-state index >= 15 is 0 Å². The topological polar surface area (TPSA) is 24.7 Å². The van der Waals surface area contributed by atoms with Crippen molar-refractivity contribution in [2.45, 2.75) is 20.8 Å². The fourth-order valence-electron chi connectivity index (χ4n) is 0. The molecule has 14 heavy (non-hydrogen) atoms. The summed E-state index contributed by atoms with van der Waals surface area (Å²) in [5, 5.41) is 6.36. The van der Waals surface area contributed by atoms with E-state index in [9.17, 15) is 0 Å². The van der Waals surface area contributed by atoms with Crippen molar-refractivity contribution < 1.29 is 126 Å². The molecule has 0 amide bonds. The molecular formula is C6H14N2W6. The molecule has 0 fully saturated rings. The standard InChI is InChI=1S/C4H9.C2H5N2.6W/c1-4(2)3;1-3-4-2;;;;;;/h1-3H3;1H2,2H3;;;;;;/q2*-1;;;;;;+2. The molecule has 0 aromatic rings. The minimum atomic E-state index is 0. The Kier molecular flexibility index (Phi) is 205. The molecule has 0 saturated carbocycles. The van der Waals surface area contributed by atoms with Crippen LogP contribution >= 0.6 is 0 Å². The van der Waals surface area contributed by atoms with Crippen LogP contribution in [0.3, 0.4) is 0 Å². The van der Waals surface area contributed by atoms with Gasteiger partial charge in [-0.2, -0.15) is 20.8 Å². The van der Waals surface area contributed by atoms with Gasteiger partial charge in [0.05, 0.1) is 0 Å². The zero-order valence-electron chi connectivity index (χ0n) is 8.55. The first-order valence-electron chi connectivity index (χ1n) is 2.46. The second-order valence-electron chi connectivity index (χ2n) is 1.84. The van der Waals surface area contributed by atoms with Crippen LogP contribution in [0, 0.1) is 13.0 Å². The van der Waals surface area contributed by atoms with Crippen LogP contribution in [0.2, 0.25) is 0 Å². The number of hydrogen-bond acceptors (Lipinski definition) is 2. The van der Waals surface area contributed by atoms with Gasteiger partial charge in [-0.1, -0.05) is 0 Å². The Balaban J connectivity index is -0.00000000600. The van der Waals surface area contributed by atoms with Gasteiger partial charge in [-0.15, -0.1) is 0 Å². The molecule has 0 aromatic carbocycles. The summed E-state index contributed by atoms with van der Waals surface area (Å²) in [7, 11) is 4.64. The summed E-state index contributed by atoms with van der Waals surface area (Å²) >= 11 is 0. The second-order valence-corrected chi connectivity index (χ2v) is 1.84. The Morgan fingerprint density at radius 2 is 0.929 bits per heavy atom. The molecule has 0 atom stereocenters. The Labute approximate surface area is 174 Å². The Hall–Kier alpha value is 3.60. The quantitative estimate of drug-likeness (QED) is 0.264.